The zero-order valence-corrected chi connectivity index (χ0v) is 68.4. The molecule has 0 spiro atoms. The number of benzene rings is 1. The molecule has 11 amide bonds. The van der Waals surface area contributed by atoms with Gasteiger partial charge in [0, 0.05) is 159 Å². The first-order valence-electron chi connectivity index (χ1n) is 34.5. The maximum Gasteiger partial charge on any atom is 0.253 e. The van der Waals surface area contributed by atoms with E-state index in [4.69, 9.17) is 11.6 Å². The summed E-state index contributed by atoms with van der Waals surface area (Å²) >= 11 is 11.6. The first-order valence-corrected chi connectivity index (χ1v) is 40.0. The molecular weight excluding hydrogens is 1480 g/mol. The number of thioether (sulfide) groups is 4. The standard InChI is InChI=1S/C14H22N2O3S.C11H20N2O2.C11H15NOS.C9H14N2O3S.C6H12N6.C6H8N2O2.C6H9NO2S.C5H8ClN5/c1-15-13(18)10-5-3-9(4-6-10)8-16-12(17)7-11(20-2)14(16)19;1-8(14)13-7-9-3-5-10(6-4-9)11(15)12-2;1-8(14-3)9-4-6-10(7-5-9)11(13)12-2;1-10-7(12)3-4-11-8(13)5-6(15-2)9(11)14;1-7-4-10-5(8-2)12-6(9-3)11-4;1-7-3-4(8-2)6(10)5(3)9;1-7-5(8)3-4(10-2)6(7)9;1-7-4-9-3(6)10-5(8-2)11-4/h9-11H,3-8H2,1-2H3,(H,15,18);9-10H,3-7H2,1-2H3,(H,12,15)(H,13,14);4-8H,1-3H3,(H,12,13);6H,3-5H2,1-2H3,(H,10,12);1-3H3,(H3,7,8,9,10,11,12);7-8H,1-2H3;4H,3H2,1-2H3;1-2H3,(H2,7,8,9,10,11). The molecule has 594 valence electrons. The third-order valence-electron chi connectivity index (χ3n) is 17.4. The lowest BCUT2D eigenvalue weighted by Crippen LogP contribution is -2.38. The van der Waals surface area contributed by atoms with E-state index in [1.165, 1.54) is 76.6 Å². The highest BCUT2D eigenvalue weighted by Crippen LogP contribution is 2.33. The molecule has 2 aromatic carbocycles. The monoisotopic (exact) mass is 1590 g/mol. The molecule has 34 nitrogen and oxygen atoms in total. The molecule has 107 heavy (non-hydrogen) atoms. The molecule has 12 N–H and O–H groups in total. The number of carbonyl (C=O) groups excluding carboxylic acids is 11. The lowest BCUT2D eigenvalue weighted by molar-refractivity contribution is -0.140. The predicted molar refractivity (Wildman–Crippen MR) is 428 cm³/mol. The van der Waals surface area contributed by atoms with Crippen LogP contribution >= 0.6 is 58.6 Å². The predicted octanol–water partition coefficient (Wildman–Crippen LogP) is 3.87. The van der Waals surface area contributed by atoms with Gasteiger partial charge in [-0.15, -0.1) is 0 Å². The van der Waals surface area contributed by atoms with E-state index in [1.807, 2.05) is 36.8 Å². The van der Waals surface area contributed by atoms with Crippen LogP contribution in [0.2, 0.25) is 5.28 Å². The van der Waals surface area contributed by atoms with E-state index < -0.39 is 10.9 Å². The average molecular weight is 1590 g/mol. The van der Waals surface area contributed by atoms with Crippen LogP contribution in [0.5, 0.6) is 0 Å². The highest BCUT2D eigenvalue weighted by Gasteiger charge is 2.41. The molecule has 39 heteroatoms. The van der Waals surface area contributed by atoms with E-state index in [-0.39, 0.29) is 117 Å². The number of nitrogens with one attached hydrogen (secondary N) is 12. The number of carbonyl (C=O) groups is 11. The summed E-state index contributed by atoms with van der Waals surface area (Å²) in [4.78, 5) is 173. The third-order valence-corrected chi connectivity index (χ3v) is 21.4. The van der Waals surface area contributed by atoms with Crippen LogP contribution in [-0.4, -0.2) is 255 Å². The van der Waals surface area contributed by atoms with Crippen molar-refractivity contribution in [3.8, 4) is 0 Å². The van der Waals surface area contributed by atoms with Crippen LogP contribution in [0.1, 0.15) is 112 Å². The van der Waals surface area contributed by atoms with Crippen molar-refractivity contribution in [3.63, 3.8) is 0 Å². The molecule has 3 saturated heterocycles. The zero-order chi connectivity index (χ0) is 80.6. The number of aromatic nitrogens is 6. The lowest BCUT2D eigenvalue weighted by atomic mass is 9.81. The Bertz CT molecular complexity index is 3530. The fourth-order valence-electron chi connectivity index (χ4n) is 10.9. The van der Waals surface area contributed by atoms with Crippen molar-refractivity contribution in [1.29, 1.82) is 0 Å². The van der Waals surface area contributed by atoms with Crippen LogP contribution in [0.3, 0.4) is 0 Å². The Morgan fingerprint density at radius 2 is 0.879 bits per heavy atom. The van der Waals surface area contributed by atoms with Crippen LogP contribution < -0.4 is 74.7 Å². The average Bonchev–Trinajstić information content (AvgIpc) is 1.15. The van der Waals surface area contributed by atoms with Crippen LogP contribution in [0, 0.1) is 23.7 Å². The Labute approximate surface area is 648 Å². The molecule has 2 saturated carbocycles. The molecule has 2 aromatic heterocycles. The summed E-state index contributed by atoms with van der Waals surface area (Å²) in [7, 11) is 20.0. The zero-order valence-electron chi connectivity index (χ0n) is 64.4. The highest BCUT2D eigenvalue weighted by molar-refractivity contribution is 8.00. The minimum absolute atomic E-state index is 0.0309. The molecule has 0 bridgehead atoms. The van der Waals surface area contributed by atoms with E-state index >= 15 is 0 Å². The smallest absolute Gasteiger partial charge is 0.253 e. The van der Waals surface area contributed by atoms with Gasteiger partial charge in [0.15, 0.2) is 0 Å². The van der Waals surface area contributed by atoms with Crippen LogP contribution in [0.15, 0.2) is 33.9 Å². The second-order valence-corrected chi connectivity index (χ2v) is 28.8. The molecule has 5 heterocycles. The van der Waals surface area contributed by atoms with Crippen molar-refractivity contribution in [2.24, 2.45) is 23.7 Å². The first kappa shape index (κ1) is 94.5. The number of hydrogen-bond acceptors (Lipinski definition) is 30. The number of likely N-dealkylation sites (tertiary alicyclic amines) is 3. The van der Waals surface area contributed by atoms with Gasteiger partial charge in [-0.2, -0.15) is 77.0 Å². The Hall–Kier alpha value is -8.62. The van der Waals surface area contributed by atoms with E-state index in [2.05, 4.69) is 107 Å². The van der Waals surface area contributed by atoms with Gasteiger partial charge in [0.05, 0.1) is 15.7 Å². The quantitative estimate of drug-likeness (QED) is 0.0392. The maximum absolute atomic E-state index is 12.1. The molecule has 0 radical (unpaired) electrons. The van der Waals surface area contributed by atoms with Crippen molar-refractivity contribution in [1.82, 2.24) is 71.2 Å². The summed E-state index contributed by atoms with van der Waals surface area (Å²) in [6, 6.07) is 7.74. The van der Waals surface area contributed by atoms with Crippen molar-refractivity contribution in [2.45, 2.75) is 112 Å². The number of rotatable bonds is 22. The van der Waals surface area contributed by atoms with Crippen molar-refractivity contribution in [3.05, 3.63) is 61.1 Å². The number of halogens is 1. The molecule has 4 aromatic rings. The fourth-order valence-corrected chi connectivity index (χ4v) is 13.4. The summed E-state index contributed by atoms with van der Waals surface area (Å²) in [5.41, 5.74) is 1.86. The van der Waals surface area contributed by atoms with Crippen molar-refractivity contribution < 1.29 is 52.7 Å². The van der Waals surface area contributed by atoms with Crippen LogP contribution in [0.4, 0.5) is 41.1 Å². The van der Waals surface area contributed by atoms with Gasteiger partial charge in [-0.25, -0.2) is 0 Å². The van der Waals surface area contributed by atoms with Gasteiger partial charge in [-0.3, -0.25) is 77.0 Å². The highest BCUT2D eigenvalue weighted by atomic mass is 35.5. The Morgan fingerprint density at radius 3 is 1.21 bits per heavy atom. The lowest BCUT2D eigenvalue weighted by Gasteiger charge is -2.29. The number of hydrogen-bond donors (Lipinski definition) is 12. The molecule has 3 aliphatic heterocycles. The largest absolute Gasteiger partial charge is 0.383 e. The third kappa shape index (κ3) is 30.9. The minimum atomic E-state index is -0.438. The molecule has 4 unspecified atom stereocenters. The molecule has 2 aliphatic carbocycles. The van der Waals surface area contributed by atoms with Gasteiger partial charge in [-0.1, -0.05) is 12.1 Å². The van der Waals surface area contributed by atoms with Gasteiger partial charge >= 0.3 is 0 Å². The maximum atomic E-state index is 12.1. The summed E-state index contributed by atoms with van der Waals surface area (Å²) in [5, 5.41) is 32.6. The molecule has 4 atom stereocenters. The van der Waals surface area contributed by atoms with Gasteiger partial charge < -0.3 is 63.8 Å². The molecule has 5 aliphatic rings. The van der Waals surface area contributed by atoms with Crippen molar-refractivity contribution in [2.75, 3.05) is 166 Å². The first-order chi connectivity index (χ1) is 50.9. The van der Waals surface area contributed by atoms with E-state index in [9.17, 15) is 62.3 Å². The molecular formula is C68H108ClN21O13S4. The normalized spacial score (nSPS) is 19.2. The van der Waals surface area contributed by atoms with E-state index in [0.29, 0.717) is 83.2 Å². The summed E-state index contributed by atoms with van der Waals surface area (Å²) in [5.74, 6) is 3.27. The summed E-state index contributed by atoms with van der Waals surface area (Å²) in [6.07, 6.45) is 16.3. The number of amides is 11. The fraction of sp³-hybridized carbons (Fsp3) is 0.603. The van der Waals surface area contributed by atoms with E-state index in [0.717, 1.165) is 57.9 Å². The summed E-state index contributed by atoms with van der Waals surface area (Å²) in [6.45, 7) is 5.18. The Balaban J connectivity index is 0.000000419. The Morgan fingerprint density at radius 1 is 0.495 bits per heavy atom. The number of nitrogens with zero attached hydrogens (tertiary/aromatic N) is 9. The SMILES string of the molecule is CNC(=O)C1CCC(CN2C(=O)CC(SC)C2=O)CC1.CNC(=O)C1CCC(CNC(C)=O)CC1.CNC(=O)CCN1C(=O)CC(SC)C1=O.CNC(=O)c1ccc(C(C)SC)cc1.CNc1c(NC)c(=O)c1=O.CNc1nc(Cl)nc(NC)n1.CNc1nc(NC)nc(NC)n1.CSC1CC(=O)N(C)C1=O. The number of imide groups is 3. The van der Waals surface area contributed by atoms with Crippen molar-refractivity contribution >= 4 is 165 Å². The molecule has 5 fully saturated rings. The Kier molecular flexibility index (Phi) is 44.2. The second-order valence-electron chi connectivity index (χ2n) is 24.1. The molecule has 9 rings (SSSR count). The topological polar surface area (TPSA) is 453 Å². The van der Waals surface area contributed by atoms with Gasteiger partial charge in [0.1, 0.15) is 11.4 Å². The van der Waals surface area contributed by atoms with Gasteiger partial charge in [0.2, 0.25) is 94.1 Å². The van der Waals surface area contributed by atoms with Crippen LogP contribution in [0.25, 0.3) is 0 Å². The minimum Gasteiger partial charge on any atom is -0.383 e. The van der Waals surface area contributed by atoms with Gasteiger partial charge in [-0.05, 0) is 124 Å². The van der Waals surface area contributed by atoms with Gasteiger partial charge in [0.25, 0.3) is 16.8 Å². The summed E-state index contributed by atoms with van der Waals surface area (Å²) < 4.78 is 0. The number of anilines is 7. The van der Waals surface area contributed by atoms with E-state index in [1.54, 1.807) is 88.5 Å². The van der Waals surface area contributed by atoms with Crippen LogP contribution in [-0.2, 0) is 47.9 Å². The second kappa shape index (κ2) is 50.1.